The lowest BCUT2D eigenvalue weighted by Crippen LogP contribution is -2.60. The molecule has 0 radical (unpaired) electrons. The third-order valence-electron chi connectivity index (χ3n) is 6.46. The molecule has 2 fully saturated rings. The number of hydrogen-bond donors (Lipinski definition) is 1. The molecule has 3 amide bonds. The van der Waals surface area contributed by atoms with Crippen molar-refractivity contribution in [3.63, 3.8) is 0 Å². The second-order valence-corrected chi connectivity index (χ2v) is 9.40. The van der Waals surface area contributed by atoms with E-state index in [1.807, 2.05) is 13.8 Å². The number of likely N-dealkylation sites (tertiary alicyclic amines) is 1. The number of halogens is 2. The number of nitrogens with zero attached hydrogens (tertiary/aromatic N) is 2. The SMILES string of the molecule is CC(C)CNC(=O)C1COC2(CCN(C(=O)c3ccc(F)cc3)CC2)N1C(=O)c1cccc(F)c1. The minimum atomic E-state index is -1.09. The van der Waals surface area contributed by atoms with Gasteiger partial charge in [-0.25, -0.2) is 8.78 Å². The van der Waals surface area contributed by atoms with Gasteiger partial charge in [-0.3, -0.25) is 19.3 Å². The van der Waals surface area contributed by atoms with E-state index in [2.05, 4.69) is 5.32 Å². The molecule has 4 rings (SSSR count). The predicted molar refractivity (Wildman–Crippen MR) is 124 cm³/mol. The third-order valence-corrected chi connectivity index (χ3v) is 6.46. The van der Waals surface area contributed by atoms with Crippen molar-refractivity contribution in [1.82, 2.24) is 15.1 Å². The number of carbonyl (C=O) groups excluding carboxylic acids is 3. The van der Waals surface area contributed by atoms with Crippen LogP contribution in [0.15, 0.2) is 48.5 Å². The zero-order valence-electron chi connectivity index (χ0n) is 19.8. The zero-order chi connectivity index (χ0) is 25.2. The summed E-state index contributed by atoms with van der Waals surface area (Å²) in [4.78, 5) is 42.5. The molecule has 2 heterocycles. The molecule has 1 N–H and O–H groups in total. The lowest BCUT2D eigenvalue weighted by Gasteiger charge is -2.44. The molecule has 1 spiro atoms. The number of rotatable bonds is 5. The number of carbonyl (C=O) groups is 3. The summed E-state index contributed by atoms with van der Waals surface area (Å²) in [5, 5.41) is 2.86. The van der Waals surface area contributed by atoms with Crippen molar-refractivity contribution in [2.24, 2.45) is 5.92 Å². The van der Waals surface area contributed by atoms with Gasteiger partial charge in [0.15, 0.2) is 0 Å². The Bertz CT molecular complexity index is 1100. The van der Waals surface area contributed by atoms with Crippen molar-refractivity contribution in [3.05, 3.63) is 71.3 Å². The summed E-state index contributed by atoms with van der Waals surface area (Å²) >= 11 is 0. The molecule has 0 bridgehead atoms. The molecule has 1 atom stereocenters. The standard InChI is InChI=1S/C26H29F2N3O4/c1-17(2)15-29-23(32)22-16-35-26(31(22)25(34)19-4-3-5-21(28)14-19)10-12-30(13-11-26)24(33)18-6-8-20(27)9-7-18/h3-9,14,17,22H,10-13,15-16H2,1-2H3,(H,29,32). The first kappa shape index (κ1) is 24.8. The summed E-state index contributed by atoms with van der Waals surface area (Å²) in [5.41, 5.74) is -0.599. The molecule has 186 valence electrons. The largest absolute Gasteiger partial charge is 0.354 e. The van der Waals surface area contributed by atoms with Gasteiger partial charge in [0.05, 0.1) is 6.61 Å². The Morgan fingerprint density at radius 1 is 1.00 bits per heavy atom. The Balaban J connectivity index is 1.56. The maximum atomic E-state index is 13.9. The molecule has 9 heteroatoms. The lowest BCUT2D eigenvalue weighted by atomic mass is 9.96. The second-order valence-electron chi connectivity index (χ2n) is 9.40. The van der Waals surface area contributed by atoms with Gasteiger partial charge in [-0.05, 0) is 48.4 Å². The summed E-state index contributed by atoms with van der Waals surface area (Å²) in [6.45, 7) is 4.96. The fourth-order valence-electron chi connectivity index (χ4n) is 4.58. The fourth-order valence-corrected chi connectivity index (χ4v) is 4.58. The smallest absolute Gasteiger partial charge is 0.256 e. The van der Waals surface area contributed by atoms with E-state index < -0.39 is 29.3 Å². The van der Waals surface area contributed by atoms with E-state index >= 15 is 0 Å². The van der Waals surface area contributed by atoms with Crippen molar-refractivity contribution < 1.29 is 27.9 Å². The topological polar surface area (TPSA) is 79.0 Å². The van der Waals surface area contributed by atoms with Crippen LogP contribution in [-0.2, 0) is 9.53 Å². The van der Waals surface area contributed by atoms with E-state index in [4.69, 9.17) is 4.74 Å². The Morgan fingerprint density at radius 3 is 2.31 bits per heavy atom. The van der Waals surface area contributed by atoms with Crippen LogP contribution < -0.4 is 5.32 Å². The molecule has 35 heavy (non-hydrogen) atoms. The number of ether oxygens (including phenoxy) is 1. The monoisotopic (exact) mass is 485 g/mol. The number of amides is 3. The first-order valence-electron chi connectivity index (χ1n) is 11.8. The van der Waals surface area contributed by atoms with Gasteiger partial charge in [-0.2, -0.15) is 0 Å². The highest BCUT2D eigenvalue weighted by atomic mass is 19.1. The highest BCUT2D eigenvalue weighted by molar-refractivity contribution is 5.98. The Labute approximate surface area is 203 Å². The van der Waals surface area contributed by atoms with Crippen molar-refractivity contribution in [3.8, 4) is 0 Å². The summed E-state index contributed by atoms with van der Waals surface area (Å²) in [7, 11) is 0. The number of piperidine rings is 1. The maximum absolute atomic E-state index is 13.9. The van der Waals surface area contributed by atoms with Crippen LogP contribution in [0, 0.1) is 17.6 Å². The number of hydrogen-bond acceptors (Lipinski definition) is 4. The van der Waals surface area contributed by atoms with Crippen LogP contribution in [0.25, 0.3) is 0 Å². The number of nitrogens with one attached hydrogen (secondary N) is 1. The molecule has 0 saturated carbocycles. The molecule has 2 saturated heterocycles. The van der Waals surface area contributed by atoms with Gasteiger partial charge in [0, 0.05) is 43.6 Å². The van der Waals surface area contributed by atoms with Gasteiger partial charge in [-0.1, -0.05) is 19.9 Å². The van der Waals surface area contributed by atoms with Crippen LogP contribution in [0.2, 0.25) is 0 Å². The predicted octanol–water partition coefficient (Wildman–Crippen LogP) is 3.21. The van der Waals surface area contributed by atoms with E-state index in [-0.39, 0.29) is 55.8 Å². The van der Waals surface area contributed by atoms with Gasteiger partial charge in [0.2, 0.25) is 5.91 Å². The summed E-state index contributed by atoms with van der Waals surface area (Å²) in [5.74, 6) is -1.82. The molecule has 1 unspecified atom stereocenters. The Kier molecular flexibility index (Phi) is 7.16. The number of benzene rings is 2. The van der Waals surface area contributed by atoms with Gasteiger partial charge < -0.3 is 15.0 Å². The molecular weight excluding hydrogens is 456 g/mol. The molecule has 2 aromatic rings. The first-order chi connectivity index (χ1) is 16.7. The van der Waals surface area contributed by atoms with Gasteiger partial charge in [-0.15, -0.1) is 0 Å². The molecular formula is C26H29F2N3O4. The molecule has 0 aromatic heterocycles. The minimum absolute atomic E-state index is 0.0108. The lowest BCUT2D eigenvalue weighted by molar-refractivity contribution is -0.128. The minimum Gasteiger partial charge on any atom is -0.354 e. The van der Waals surface area contributed by atoms with E-state index in [1.165, 1.54) is 47.4 Å². The summed E-state index contributed by atoms with van der Waals surface area (Å²) < 4.78 is 33.3. The van der Waals surface area contributed by atoms with Crippen LogP contribution >= 0.6 is 0 Å². The van der Waals surface area contributed by atoms with E-state index in [0.29, 0.717) is 12.1 Å². The van der Waals surface area contributed by atoms with Crippen molar-refractivity contribution in [2.45, 2.75) is 38.5 Å². The van der Waals surface area contributed by atoms with Gasteiger partial charge in [0.25, 0.3) is 11.8 Å². The maximum Gasteiger partial charge on any atom is 0.256 e. The molecule has 0 aliphatic carbocycles. The summed E-state index contributed by atoms with van der Waals surface area (Å²) in [6, 6.07) is 9.81. The third kappa shape index (κ3) is 5.19. The molecule has 2 aromatic carbocycles. The van der Waals surface area contributed by atoms with Crippen molar-refractivity contribution >= 4 is 17.7 Å². The second kappa shape index (κ2) is 10.1. The van der Waals surface area contributed by atoms with E-state index in [9.17, 15) is 23.2 Å². The summed E-state index contributed by atoms with van der Waals surface area (Å²) in [6.07, 6.45) is 0.573. The Morgan fingerprint density at radius 2 is 1.69 bits per heavy atom. The normalized spacial score (nSPS) is 19.3. The fraction of sp³-hybridized carbons (Fsp3) is 0.423. The molecule has 2 aliphatic rings. The van der Waals surface area contributed by atoms with Crippen LogP contribution in [0.4, 0.5) is 8.78 Å². The molecule has 7 nitrogen and oxygen atoms in total. The van der Waals surface area contributed by atoms with Gasteiger partial charge in [0.1, 0.15) is 23.4 Å². The first-order valence-corrected chi connectivity index (χ1v) is 11.8. The molecule has 2 aliphatic heterocycles. The van der Waals surface area contributed by atoms with E-state index in [0.717, 1.165) is 6.07 Å². The Hall–Kier alpha value is -3.33. The highest BCUT2D eigenvalue weighted by Crippen LogP contribution is 2.39. The van der Waals surface area contributed by atoms with Crippen molar-refractivity contribution in [2.75, 3.05) is 26.2 Å². The average molecular weight is 486 g/mol. The van der Waals surface area contributed by atoms with E-state index in [1.54, 1.807) is 4.90 Å². The highest BCUT2D eigenvalue weighted by Gasteiger charge is 2.54. The quantitative estimate of drug-likeness (QED) is 0.706. The van der Waals surface area contributed by atoms with Crippen molar-refractivity contribution in [1.29, 1.82) is 0 Å². The van der Waals surface area contributed by atoms with Crippen LogP contribution in [-0.4, -0.2) is 65.5 Å². The van der Waals surface area contributed by atoms with Crippen LogP contribution in [0.3, 0.4) is 0 Å². The van der Waals surface area contributed by atoms with Crippen LogP contribution in [0.5, 0.6) is 0 Å². The van der Waals surface area contributed by atoms with Gasteiger partial charge >= 0.3 is 0 Å². The van der Waals surface area contributed by atoms with Crippen LogP contribution in [0.1, 0.15) is 47.4 Å². The zero-order valence-corrected chi connectivity index (χ0v) is 19.8. The average Bonchev–Trinajstić information content (AvgIpc) is 3.21.